The van der Waals surface area contributed by atoms with Gasteiger partial charge in [-0.25, -0.2) is 0 Å². The maximum Gasteiger partial charge on any atom is 0.305 e. The third kappa shape index (κ3) is 19.7. The lowest BCUT2D eigenvalue weighted by Crippen LogP contribution is -2.44. The molecule has 6 heteroatoms. The van der Waals surface area contributed by atoms with Gasteiger partial charge in [0.25, 0.3) is 0 Å². The normalized spacial score (nSPS) is 13.2. The summed E-state index contributed by atoms with van der Waals surface area (Å²) >= 11 is 0. The Labute approximate surface area is 217 Å². The monoisotopic (exact) mass is 512 g/mol. The van der Waals surface area contributed by atoms with Crippen LogP contribution in [-0.4, -0.2) is 39.6 Å². The van der Waals surface area contributed by atoms with Crippen LogP contribution in [0.1, 0.15) is 125 Å². The quantitative estimate of drug-likeness (QED) is 0.0667. The Morgan fingerprint density at radius 2 is 1.31 bits per heavy atom. The van der Waals surface area contributed by atoms with E-state index in [0.29, 0.717) is 6.42 Å². The van der Waals surface area contributed by atoms with Gasteiger partial charge in [-0.15, -0.1) is 0 Å². The fourth-order valence-corrected chi connectivity index (χ4v) is 4.50. The van der Waals surface area contributed by atoms with Crippen molar-refractivity contribution >= 4 is 20.3 Å². The fraction of sp³-hybridized carbons (Fsp3) is 0.862. The van der Waals surface area contributed by atoms with Crippen LogP contribution in [0.2, 0.25) is 18.1 Å². The predicted octanol–water partition coefficient (Wildman–Crippen LogP) is 8.52. The van der Waals surface area contributed by atoms with Crippen molar-refractivity contribution in [1.82, 2.24) is 0 Å². The van der Waals surface area contributed by atoms with Gasteiger partial charge in [-0.1, -0.05) is 91.2 Å². The SMILES string of the molecule is CCCCCCCC/C=C/CCCCCCCC(=O)OC[C@H](CO[Si](C)(C)C(C)(C)C)OC(C)=O. The first-order valence-corrected chi connectivity index (χ1v) is 17.0. The molecule has 0 aliphatic heterocycles. The zero-order chi connectivity index (χ0) is 26.6. The van der Waals surface area contributed by atoms with Crippen molar-refractivity contribution in [3.05, 3.63) is 12.2 Å². The summed E-state index contributed by atoms with van der Waals surface area (Å²) in [6, 6.07) is 0. The molecule has 0 aromatic heterocycles. The maximum absolute atomic E-state index is 12.1. The summed E-state index contributed by atoms with van der Waals surface area (Å²) in [5, 5.41) is 0.0638. The number of esters is 2. The largest absolute Gasteiger partial charge is 0.462 e. The van der Waals surface area contributed by atoms with Gasteiger partial charge in [-0.05, 0) is 50.2 Å². The van der Waals surface area contributed by atoms with Crippen molar-refractivity contribution in [2.45, 2.75) is 149 Å². The molecular formula is C29H56O5Si. The van der Waals surface area contributed by atoms with Gasteiger partial charge in [0, 0.05) is 13.3 Å². The van der Waals surface area contributed by atoms with E-state index in [1.165, 1.54) is 64.7 Å². The highest BCUT2D eigenvalue weighted by molar-refractivity contribution is 6.74. The number of hydrogen-bond donors (Lipinski definition) is 0. The van der Waals surface area contributed by atoms with Gasteiger partial charge in [0.05, 0.1) is 6.61 Å². The summed E-state index contributed by atoms with van der Waals surface area (Å²) < 4.78 is 16.8. The van der Waals surface area contributed by atoms with E-state index in [0.717, 1.165) is 25.7 Å². The minimum absolute atomic E-state index is 0.0537. The summed E-state index contributed by atoms with van der Waals surface area (Å²) in [5.41, 5.74) is 0. The van der Waals surface area contributed by atoms with E-state index in [1.807, 2.05) is 0 Å². The average molecular weight is 513 g/mol. The van der Waals surface area contributed by atoms with Crippen LogP contribution in [0.4, 0.5) is 0 Å². The Morgan fingerprint density at radius 1 is 0.800 bits per heavy atom. The molecule has 0 saturated carbocycles. The molecule has 1 atom stereocenters. The number of rotatable bonds is 21. The molecular weight excluding hydrogens is 456 g/mol. The first kappa shape index (κ1) is 33.9. The molecule has 0 heterocycles. The van der Waals surface area contributed by atoms with E-state index in [1.54, 1.807) is 0 Å². The van der Waals surface area contributed by atoms with Crippen LogP contribution < -0.4 is 0 Å². The Bertz CT molecular complexity index is 580. The molecule has 0 aliphatic rings. The molecule has 0 bridgehead atoms. The van der Waals surface area contributed by atoms with E-state index in [9.17, 15) is 9.59 Å². The molecule has 0 N–H and O–H groups in total. The molecule has 5 nitrogen and oxygen atoms in total. The molecule has 35 heavy (non-hydrogen) atoms. The molecule has 0 rings (SSSR count). The summed E-state index contributed by atoms with van der Waals surface area (Å²) in [6.07, 6.45) is 20.5. The van der Waals surface area contributed by atoms with Gasteiger partial charge in [0.2, 0.25) is 0 Å². The number of carbonyl (C=O) groups excluding carboxylic acids is 2. The Morgan fingerprint density at radius 3 is 1.83 bits per heavy atom. The van der Waals surface area contributed by atoms with Crippen LogP contribution in [0.3, 0.4) is 0 Å². The fourth-order valence-electron chi connectivity index (χ4n) is 3.47. The number of unbranched alkanes of at least 4 members (excludes halogenated alkanes) is 11. The van der Waals surface area contributed by atoms with E-state index < -0.39 is 14.4 Å². The van der Waals surface area contributed by atoms with Gasteiger partial charge < -0.3 is 13.9 Å². The molecule has 206 valence electrons. The zero-order valence-corrected chi connectivity index (χ0v) is 25.1. The van der Waals surface area contributed by atoms with Gasteiger partial charge in [-0.2, -0.15) is 0 Å². The van der Waals surface area contributed by atoms with Crippen molar-refractivity contribution < 1.29 is 23.5 Å². The maximum atomic E-state index is 12.1. The topological polar surface area (TPSA) is 61.8 Å². The average Bonchev–Trinajstić information content (AvgIpc) is 2.77. The summed E-state index contributed by atoms with van der Waals surface area (Å²) in [5.74, 6) is -0.616. The van der Waals surface area contributed by atoms with Crippen LogP contribution >= 0.6 is 0 Å². The minimum atomic E-state index is -1.97. The predicted molar refractivity (Wildman–Crippen MR) is 149 cm³/mol. The Kier molecular flexibility index (Phi) is 19.3. The van der Waals surface area contributed by atoms with E-state index in [4.69, 9.17) is 13.9 Å². The lowest BCUT2D eigenvalue weighted by Gasteiger charge is -2.37. The molecule has 0 unspecified atom stereocenters. The molecule has 0 aromatic rings. The van der Waals surface area contributed by atoms with Gasteiger partial charge in [0.1, 0.15) is 6.61 Å². The number of allylic oxidation sites excluding steroid dienone is 2. The van der Waals surface area contributed by atoms with Crippen LogP contribution in [0.5, 0.6) is 0 Å². The number of ether oxygens (including phenoxy) is 2. The van der Waals surface area contributed by atoms with Crippen LogP contribution in [0.25, 0.3) is 0 Å². The zero-order valence-electron chi connectivity index (χ0n) is 24.1. The number of carbonyl (C=O) groups is 2. The second-order valence-electron chi connectivity index (χ2n) is 11.3. The highest BCUT2D eigenvalue weighted by Crippen LogP contribution is 2.36. The smallest absolute Gasteiger partial charge is 0.305 e. The molecule has 0 amide bonds. The number of hydrogen-bond acceptors (Lipinski definition) is 5. The molecule has 0 spiro atoms. The molecule has 0 saturated heterocycles. The summed E-state index contributed by atoms with van der Waals surface area (Å²) in [4.78, 5) is 23.6. The van der Waals surface area contributed by atoms with Crippen LogP contribution in [0, 0.1) is 0 Å². The lowest BCUT2D eigenvalue weighted by molar-refractivity contribution is -0.159. The van der Waals surface area contributed by atoms with Crippen molar-refractivity contribution in [3.8, 4) is 0 Å². The van der Waals surface area contributed by atoms with Gasteiger partial charge in [0.15, 0.2) is 14.4 Å². The Hall–Kier alpha value is -1.14. The Balaban J connectivity index is 3.87. The van der Waals surface area contributed by atoms with Crippen molar-refractivity contribution in [2.75, 3.05) is 13.2 Å². The molecule has 0 aliphatic carbocycles. The molecule has 0 fully saturated rings. The van der Waals surface area contributed by atoms with Crippen LogP contribution in [0.15, 0.2) is 12.2 Å². The van der Waals surface area contributed by atoms with Crippen molar-refractivity contribution in [1.29, 1.82) is 0 Å². The van der Waals surface area contributed by atoms with Crippen LogP contribution in [-0.2, 0) is 23.5 Å². The van der Waals surface area contributed by atoms with E-state index >= 15 is 0 Å². The second kappa shape index (κ2) is 20.0. The third-order valence-corrected chi connectivity index (χ3v) is 11.3. The van der Waals surface area contributed by atoms with Crippen molar-refractivity contribution in [2.24, 2.45) is 0 Å². The van der Waals surface area contributed by atoms with Gasteiger partial charge in [-0.3, -0.25) is 9.59 Å². The lowest BCUT2D eigenvalue weighted by atomic mass is 10.1. The first-order valence-electron chi connectivity index (χ1n) is 14.1. The summed E-state index contributed by atoms with van der Waals surface area (Å²) in [6.45, 7) is 14.7. The first-order chi connectivity index (χ1) is 16.5. The standard InChI is InChI=1S/C29H56O5Si/c1-8-9-10-11-12-13-14-15-16-17-18-19-20-21-22-23-28(31)32-24-27(34-26(2)30)25-33-35(6,7)29(3,4)5/h15-16,27H,8-14,17-25H2,1-7H3/b16-15+/t27-/m1/s1. The van der Waals surface area contributed by atoms with Crippen molar-refractivity contribution in [3.63, 3.8) is 0 Å². The molecule has 0 radical (unpaired) electrons. The van der Waals surface area contributed by atoms with E-state index in [2.05, 4.69) is 52.9 Å². The molecule has 0 aromatic carbocycles. The van der Waals surface area contributed by atoms with E-state index in [-0.39, 0.29) is 30.2 Å². The third-order valence-electron chi connectivity index (χ3n) is 6.84. The summed E-state index contributed by atoms with van der Waals surface area (Å²) in [7, 11) is -1.97. The highest BCUT2D eigenvalue weighted by Gasteiger charge is 2.38. The van der Waals surface area contributed by atoms with Gasteiger partial charge >= 0.3 is 11.9 Å². The minimum Gasteiger partial charge on any atom is -0.462 e. The second-order valence-corrected chi connectivity index (χ2v) is 16.1. The highest BCUT2D eigenvalue weighted by atomic mass is 28.4.